The second-order valence-electron chi connectivity index (χ2n) is 1.98. The molecule has 1 aromatic heterocycles. The van der Waals surface area contributed by atoms with Gasteiger partial charge in [0.2, 0.25) is 0 Å². The van der Waals surface area contributed by atoms with E-state index in [1.54, 1.807) is 0 Å². The molecule has 1 nitrogen and oxygen atoms in total. The SMILES string of the molecule is Brc1cccc2sncc12. The van der Waals surface area contributed by atoms with E-state index in [1.165, 1.54) is 21.6 Å². The highest BCUT2D eigenvalue weighted by atomic mass is 79.9. The number of fused-ring (bicyclic) bond motifs is 1. The standard InChI is InChI=1S/C7H4BrNS/c8-6-2-1-3-7-5(6)4-9-10-7/h1-4H. The Labute approximate surface area is 71.0 Å². The van der Waals surface area contributed by atoms with E-state index in [4.69, 9.17) is 0 Å². The molecule has 10 heavy (non-hydrogen) atoms. The monoisotopic (exact) mass is 213 g/mol. The Balaban J connectivity index is 2.95. The number of benzene rings is 1. The molecule has 0 amide bonds. The van der Waals surface area contributed by atoms with Gasteiger partial charge in [-0.1, -0.05) is 22.0 Å². The van der Waals surface area contributed by atoms with Crippen LogP contribution in [0.5, 0.6) is 0 Å². The Hall–Kier alpha value is -0.410. The van der Waals surface area contributed by atoms with Crippen LogP contribution in [0.25, 0.3) is 10.1 Å². The molecule has 0 aliphatic rings. The number of aromatic nitrogens is 1. The van der Waals surface area contributed by atoms with Crippen molar-refractivity contribution >= 4 is 37.5 Å². The number of rotatable bonds is 0. The van der Waals surface area contributed by atoms with Gasteiger partial charge in [-0.25, -0.2) is 0 Å². The highest BCUT2D eigenvalue weighted by Gasteiger charge is 1.97. The summed E-state index contributed by atoms with van der Waals surface area (Å²) in [6.45, 7) is 0. The summed E-state index contributed by atoms with van der Waals surface area (Å²) in [6.07, 6.45) is 1.88. The van der Waals surface area contributed by atoms with Gasteiger partial charge in [-0.2, -0.15) is 4.37 Å². The van der Waals surface area contributed by atoms with E-state index < -0.39 is 0 Å². The van der Waals surface area contributed by atoms with E-state index >= 15 is 0 Å². The van der Waals surface area contributed by atoms with Gasteiger partial charge in [-0.05, 0) is 23.7 Å². The first-order chi connectivity index (χ1) is 4.88. The summed E-state index contributed by atoms with van der Waals surface area (Å²) in [6, 6.07) is 6.11. The summed E-state index contributed by atoms with van der Waals surface area (Å²) in [5.41, 5.74) is 0. The Morgan fingerprint density at radius 2 is 2.30 bits per heavy atom. The smallest absolute Gasteiger partial charge is 0.0561 e. The number of halogens is 1. The fourth-order valence-corrected chi connectivity index (χ4v) is 2.13. The maximum Gasteiger partial charge on any atom is 0.0561 e. The largest absolute Gasteiger partial charge is 0.200 e. The van der Waals surface area contributed by atoms with Crippen molar-refractivity contribution < 1.29 is 0 Å². The van der Waals surface area contributed by atoms with Gasteiger partial charge in [0.1, 0.15) is 0 Å². The van der Waals surface area contributed by atoms with Gasteiger partial charge in [-0.3, -0.25) is 0 Å². The Morgan fingerprint density at radius 1 is 1.40 bits per heavy atom. The highest BCUT2D eigenvalue weighted by Crippen LogP contribution is 2.25. The lowest BCUT2D eigenvalue weighted by Gasteiger charge is -1.88. The molecule has 0 saturated heterocycles. The van der Waals surface area contributed by atoms with Gasteiger partial charge < -0.3 is 0 Å². The molecule has 0 aliphatic heterocycles. The lowest BCUT2D eigenvalue weighted by Crippen LogP contribution is -1.63. The summed E-state index contributed by atoms with van der Waals surface area (Å²) in [7, 11) is 0. The molecule has 0 atom stereocenters. The van der Waals surface area contributed by atoms with Crippen molar-refractivity contribution in [3.8, 4) is 0 Å². The van der Waals surface area contributed by atoms with Gasteiger partial charge in [0.15, 0.2) is 0 Å². The van der Waals surface area contributed by atoms with Crippen LogP contribution in [-0.4, -0.2) is 4.37 Å². The zero-order valence-corrected chi connectivity index (χ0v) is 7.45. The Kier molecular flexibility index (Phi) is 1.47. The molecule has 0 aliphatic carbocycles. The molecule has 2 rings (SSSR count). The van der Waals surface area contributed by atoms with Crippen LogP contribution in [-0.2, 0) is 0 Å². The summed E-state index contributed by atoms with van der Waals surface area (Å²) in [5, 5.41) is 1.20. The Morgan fingerprint density at radius 3 is 3.10 bits per heavy atom. The van der Waals surface area contributed by atoms with Crippen LogP contribution < -0.4 is 0 Å². The molecule has 0 bridgehead atoms. The third kappa shape index (κ3) is 0.859. The molecule has 0 saturated carbocycles. The minimum Gasteiger partial charge on any atom is -0.200 e. The molecule has 0 spiro atoms. The average molecular weight is 214 g/mol. The van der Waals surface area contributed by atoms with Crippen LogP contribution in [0.4, 0.5) is 0 Å². The van der Waals surface area contributed by atoms with E-state index in [0.29, 0.717) is 0 Å². The van der Waals surface area contributed by atoms with Crippen molar-refractivity contribution in [3.05, 3.63) is 28.9 Å². The molecule has 1 aromatic carbocycles. The zero-order valence-electron chi connectivity index (χ0n) is 5.04. The molecule has 0 radical (unpaired) electrons. The van der Waals surface area contributed by atoms with Crippen molar-refractivity contribution in [1.82, 2.24) is 4.37 Å². The third-order valence-corrected chi connectivity index (χ3v) is 2.80. The van der Waals surface area contributed by atoms with Gasteiger partial charge in [-0.15, -0.1) is 0 Å². The van der Waals surface area contributed by atoms with Crippen molar-refractivity contribution in [2.75, 3.05) is 0 Å². The van der Waals surface area contributed by atoms with Gasteiger partial charge >= 0.3 is 0 Å². The van der Waals surface area contributed by atoms with Crippen LogP contribution in [0.2, 0.25) is 0 Å². The molecule has 0 N–H and O–H groups in total. The van der Waals surface area contributed by atoms with Crippen LogP contribution in [0.3, 0.4) is 0 Å². The van der Waals surface area contributed by atoms with E-state index in [1.807, 2.05) is 18.3 Å². The molecule has 50 valence electrons. The topological polar surface area (TPSA) is 12.9 Å². The summed E-state index contributed by atoms with van der Waals surface area (Å²) in [4.78, 5) is 0. The van der Waals surface area contributed by atoms with Gasteiger partial charge in [0.25, 0.3) is 0 Å². The van der Waals surface area contributed by atoms with Crippen molar-refractivity contribution in [2.45, 2.75) is 0 Å². The number of hydrogen-bond acceptors (Lipinski definition) is 2. The number of nitrogens with zero attached hydrogens (tertiary/aromatic N) is 1. The van der Waals surface area contributed by atoms with E-state index in [-0.39, 0.29) is 0 Å². The van der Waals surface area contributed by atoms with Crippen molar-refractivity contribution in [2.24, 2.45) is 0 Å². The normalized spacial score (nSPS) is 10.5. The summed E-state index contributed by atoms with van der Waals surface area (Å²) < 4.78 is 6.43. The van der Waals surface area contributed by atoms with E-state index in [0.717, 1.165) is 4.47 Å². The average Bonchev–Trinajstić information content (AvgIpc) is 2.36. The first-order valence-electron chi connectivity index (χ1n) is 2.87. The first kappa shape index (κ1) is 6.31. The van der Waals surface area contributed by atoms with Crippen LogP contribution in [0.15, 0.2) is 28.9 Å². The van der Waals surface area contributed by atoms with Crippen LogP contribution in [0.1, 0.15) is 0 Å². The third-order valence-electron chi connectivity index (χ3n) is 1.35. The van der Waals surface area contributed by atoms with Crippen molar-refractivity contribution in [1.29, 1.82) is 0 Å². The predicted octanol–water partition coefficient (Wildman–Crippen LogP) is 3.06. The molecule has 0 fully saturated rings. The molecule has 2 aromatic rings. The minimum atomic E-state index is 1.12. The number of hydrogen-bond donors (Lipinski definition) is 0. The summed E-state index contributed by atoms with van der Waals surface area (Å²) in [5.74, 6) is 0. The summed E-state index contributed by atoms with van der Waals surface area (Å²) >= 11 is 4.96. The van der Waals surface area contributed by atoms with E-state index in [9.17, 15) is 0 Å². The quantitative estimate of drug-likeness (QED) is 0.656. The molecule has 0 unspecified atom stereocenters. The second-order valence-corrected chi connectivity index (χ2v) is 3.66. The minimum absolute atomic E-state index is 1.12. The fraction of sp³-hybridized carbons (Fsp3) is 0. The Bertz CT molecular complexity index is 355. The first-order valence-corrected chi connectivity index (χ1v) is 4.43. The molecular weight excluding hydrogens is 210 g/mol. The zero-order chi connectivity index (χ0) is 6.97. The maximum atomic E-state index is 4.07. The lowest BCUT2D eigenvalue weighted by atomic mass is 10.3. The maximum absolute atomic E-state index is 4.07. The van der Waals surface area contributed by atoms with Crippen LogP contribution in [0, 0.1) is 0 Å². The molecule has 1 heterocycles. The van der Waals surface area contributed by atoms with E-state index in [2.05, 4.69) is 26.4 Å². The molecular formula is C7H4BrNS. The van der Waals surface area contributed by atoms with Crippen molar-refractivity contribution in [3.63, 3.8) is 0 Å². The molecule has 3 heteroatoms. The second kappa shape index (κ2) is 2.32. The lowest BCUT2D eigenvalue weighted by molar-refractivity contribution is 1.60. The van der Waals surface area contributed by atoms with Gasteiger partial charge in [0, 0.05) is 16.1 Å². The van der Waals surface area contributed by atoms with Crippen LogP contribution >= 0.6 is 27.5 Å². The highest BCUT2D eigenvalue weighted by molar-refractivity contribution is 9.10. The van der Waals surface area contributed by atoms with Gasteiger partial charge in [0.05, 0.1) is 4.70 Å². The predicted molar refractivity (Wildman–Crippen MR) is 47.3 cm³/mol. The fourth-order valence-electron chi connectivity index (χ4n) is 0.858.